The zero-order chi connectivity index (χ0) is 19.2. The molecule has 0 unspecified atom stereocenters. The number of nitrogens with zero attached hydrogens (tertiary/aromatic N) is 5. The minimum absolute atomic E-state index is 0.0192. The van der Waals surface area contributed by atoms with Gasteiger partial charge in [0.25, 0.3) is 5.69 Å². The lowest BCUT2D eigenvalue weighted by Gasteiger charge is -2.34. The van der Waals surface area contributed by atoms with Crippen LogP contribution in [-0.4, -0.2) is 58.4 Å². The number of nitro groups is 1. The molecule has 9 nitrogen and oxygen atoms in total. The largest absolute Gasteiger partial charge is 0.338 e. The molecule has 0 atom stereocenters. The third kappa shape index (κ3) is 4.98. The van der Waals surface area contributed by atoms with Gasteiger partial charge in [0.1, 0.15) is 0 Å². The second-order valence-corrected chi connectivity index (χ2v) is 6.43. The maximum atomic E-state index is 12.2. The molecule has 2 heterocycles. The first-order valence-electron chi connectivity index (χ1n) is 8.82. The van der Waals surface area contributed by atoms with Crippen molar-refractivity contribution in [3.05, 3.63) is 52.3 Å². The number of hydrogen-bond acceptors (Lipinski definition) is 7. The first kappa shape index (κ1) is 18.7. The molecular weight excluding hydrogens is 348 g/mol. The molecule has 2 aromatic rings. The molecular formula is C18H22N6O3. The first-order valence-corrected chi connectivity index (χ1v) is 8.82. The highest BCUT2D eigenvalue weighted by Crippen LogP contribution is 2.21. The smallest absolute Gasteiger partial charge is 0.269 e. The fourth-order valence-electron chi connectivity index (χ4n) is 3.00. The van der Waals surface area contributed by atoms with Crippen molar-refractivity contribution >= 4 is 23.2 Å². The average Bonchev–Trinajstić information content (AvgIpc) is 2.69. The molecule has 3 rings (SSSR count). The topological polar surface area (TPSA) is 104 Å². The Bertz CT molecular complexity index is 806. The number of hydrogen-bond donors (Lipinski definition) is 1. The van der Waals surface area contributed by atoms with Crippen LogP contribution in [0, 0.1) is 17.0 Å². The summed E-state index contributed by atoms with van der Waals surface area (Å²) >= 11 is 0. The standard InChI is InChI=1S/C18H22N6O3/c1-14-13-15(24(26)27)3-4-16(14)21-17(25)5-8-22-9-11-23(12-10-22)18-19-6-2-7-20-18/h2-4,6-7,13H,5,8-12H2,1H3,(H,21,25). The van der Waals surface area contributed by atoms with Crippen molar-refractivity contribution in [3.8, 4) is 0 Å². The highest BCUT2D eigenvalue weighted by atomic mass is 16.6. The van der Waals surface area contributed by atoms with Crippen molar-refractivity contribution in [2.75, 3.05) is 42.9 Å². The number of carbonyl (C=O) groups excluding carboxylic acids is 1. The number of aryl methyl sites for hydroxylation is 1. The Morgan fingerprint density at radius 2 is 1.93 bits per heavy atom. The fraction of sp³-hybridized carbons (Fsp3) is 0.389. The van der Waals surface area contributed by atoms with Gasteiger partial charge in [-0.25, -0.2) is 9.97 Å². The molecule has 1 aromatic carbocycles. The van der Waals surface area contributed by atoms with Gasteiger partial charge in [-0.05, 0) is 24.6 Å². The van der Waals surface area contributed by atoms with E-state index in [1.807, 2.05) is 0 Å². The predicted octanol–water partition coefficient (Wildman–Crippen LogP) is 1.84. The quantitative estimate of drug-likeness (QED) is 0.611. The predicted molar refractivity (Wildman–Crippen MR) is 102 cm³/mol. The number of benzene rings is 1. The summed E-state index contributed by atoms with van der Waals surface area (Å²) < 4.78 is 0. The van der Waals surface area contributed by atoms with Crippen LogP contribution in [0.1, 0.15) is 12.0 Å². The Labute approximate surface area is 157 Å². The molecule has 0 saturated carbocycles. The van der Waals surface area contributed by atoms with Crippen LogP contribution in [0.15, 0.2) is 36.7 Å². The molecule has 142 valence electrons. The van der Waals surface area contributed by atoms with Gasteiger partial charge in [0.15, 0.2) is 0 Å². The van der Waals surface area contributed by atoms with E-state index in [1.165, 1.54) is 12.1 Å². The number of amides is 1. The second-order valence-electron chi connectivity index (χ2n) is 6.43. The molecule has 0 radical (unpaired) electrons. The van der Waals surface area contributed by atoms with Crippen LogP contribution in [0.3, 0.4) is 0 Å². The van der Waals surface area contributed by atoms with E-state index in [9.17, 15) is 14.9 Å². The highest BCUT2D eigenvalue weighted by Gasteiger charge is 2.19. The van der Waals surface area contributed by atoms with Crippen molar-refractivity contribution in [1.82, 2.24) is 14.9 Å². The van der Waals surface area contributed by atoms with Crippen molar-refractivity contribution in [2.45, 2.75) is 13.3 Å². The minimum atomic E-state index is -0.446. The molecule has 1 aromatic heterocycles. The Morgan fingerprint density at radius 1 is 1.22 bits per heavy atom. The van der Waals surface area contributed by atoms with E-state index in [1.54, 1.807) is 31.5 Å². The zero-order valence-electron chi connectivity index (χ0n) is 15.2. The normalized spacial score (nSPS) is 14.8. The summed E-state index contributed by atoms with van der Waals surface area (Å²) in [5, 5.41) is 13.6. The number of aromatic nitrogens is 2. The van der Waals surface area contributed by atoms with Crippen LogP contribution >= 0.6 is 0 Å². The molecule has 1 saturated heterocycles. The maximum Gasteiger partial charge on any atom is 0.269 e. The summed E-state index contributed by atoms with van der Waals surface area (Å²) in [6.07, 6.45) is 3.84. The molecule has 9 heteroatoms. The van der Waals surface area contributed by atoms with E-state index < -0.39 is 4.92 Å². The molecule has 0 bridgehead atoms. The molecule has 1 amide bonds. The van der Waals surface area contributed by atoms with E-state index in [0.29, 0.717) is 24.2 Å². The third-order valence-electron chi connectivity index (χ3n) is 4.56. The molecule has 1 aliphatic rings. The van der Waals surface area contributed by atoms with Gasteiger partial charge in [-0.3, -0.25) is 19.8 Å². The Kier molecular flexibility index (Phi) is 5.92. The summed E-state index contributed by atoms with van der Waals surface area (Å²) in [6.45, 7) is 5.76. The van der Waals surface area contributed by atoms with Gasteiger partial charge in [0.2, 0.25) is 11.9 Å². The van der Waals surface area contributed by atoms with Gasteiger partial charge in [0, 0.05) is 69.4 Å². The molecule has 0 spiro atoms. The van der Waals surface area contributed by atoms with Gasteiger partial charge in [-0.15, -0.1) is 0 Å². The lowest BCUT2D eigenvalue weighted by atomic mass is 10.1. The Morgan fingerprint density at radius 3 is 2.56 bits per heavy atom. The van der Waals surface area contributed by atoms with E-state index in [2.05, 4.69) is 25.1 Å². The van der Waals surface area contributed by atoms with E-state index in [4.69, 9.17) is 0 Å². The number of nitro benzene ring substituents is 1. The Balaban J connectivity index is 1.44. The van der Waals surface area contributed by atoms with Crippen molar-refractivity contribution in [2.24, 2.45) is 0 Å². The number of rotatable bonds is 6. The minimum Gasteiger partial charge on any atom is -0.338 e. The lowest BCUT2D eigenvalue weighted by molar-refractivity contribution is -0.384. The molecule has 1 N–H and O–H groups in total. The number of non-ortho nitro benzene ring substituents is 1. The number of anilines is 2. The van der Waals surface area contributed by atoms with Gasteiger partial charge in [-0.1, -0.05) is 0 Å². The summed E-state index contributed by atoms with van der Waals surface area (Å²) in [5.74, 6) is 0.643. The molecule has 0 aliphatic carbocycles. The van der Waals surface area contributed by atoms with Crippen LogP contribution in [0.4, 0.5) is 17.3 Å². The fourth-order valence-corrected chi connectivity index (χ4v) is 3.00. The summed E-state index contributed by atoms with van der Waals surface area (Å²) in [7, 11) is 0. The number of piperazine rings is 1. The third-order valence-corrected chi connectivity index (χ3v) is 4.56. The zero-order valence-corrected chi connectivity index (χ0v) is 15.2. The van der Waals surface area contributed by atoms with E-state index in [0.717, 1.165) is 32.1 Å². The van der Waals surface area contributed by atoms with Gasteiger partial charge in [-0.2, -0.15) is 0 Å². The Hall–Kier alpha value is -3.07. The van der Waals surface area contributed by atoms with E-state index in [-0.39, 0.29) is 11.6 Å². The van der Waals surface area contributed by atoms with Crippen LogP contribution in [0.25, 0.3) is 0 Å². The van der Waals surface area contributed by atoms with E-state index >= 15 is 0 Å². The molecule has 1 fully saturated rings. The van der Waals surface area contributed by atoms with Crippen LogP contribution in [0.2, 0.25) is 0 Å². The monoisotopic (exact) mass is 370 g/mol. The number of carbonyl (C=O) groups is 1. The molecule has 27 heavy (non-hydrogen) atoms. The summed E-state index contributed by atoms with van der Waals surface area (Å²) in [5.41, 5.74) is 1.30. The van der Waals surface area contributed by atoms with Crippen molar-refractivity contribution < 1.29 is 9.72 Å². The average molecular weight is 370 g/mol. The summed E-state index contributed by atoms with van der Waals surface area (Å²) in [4.78, 5) is 35.4. The SMILES string of the molecule is Cc1cc([N+](=O)[O-])ccc1NC(=O)CCN1CCN(c2ncccn2)CC1. The second kappa shape index (κ2) is 8.54. The van der Waals surface area contributed by atoms with Crippen LogP contribution < -0.4 is 10.2 Å². The van der Waals surface area contributed by atoms with Gasteiger partial charge < -0.3 is 10.2 Å². The van der Waals surface area contributed by atoms with Crippen LogP contribution in [-0.2, 0) is 4.79 Å². The first-order chi connectivity index (χ1) is 13.0. The van der Waals surface area contributed by atoms with Gasteiger partial charge >= 0.3 is 0 Å². The van der Waals surface area contributed by atoms with Gasteiger partial charge in [0.05, 0.1) is 4.92 Å². The van der Waals surface area contributed by atoms with Crippen LogP contribution in [0.5, 0.6) is 0 Å². The molecule has 1 aliphatic heterocycles. The highest BCUT2D eigenvalue weighted by molar-refractivity contribution is 5.91. The van der Waals surface area contributed by atoms with Crippen molar-refractivity contribution in [1.29, 1.82) is 0 Å². The van der Waals surface area contributed by atoms with Crippen molar-refractivity contribution in [3.63, 3.8) is 0 Å². The number of nitrogens with one attached hydrogen (secondary N) is 1. The summed E-state index contributed by atoms with van der Waals surface area (Å²) in [6, 6.07) is 6.23. The maximum absolute atomic E-state index is 12.2. The lowest BCUT2D eigenvalue weighted by Crippen LogP contribution is -2.47.